The van der Waals surface area contributed by atoms with Gasteiger partial charge in [-0.15, -0.1) is 10.2 Å². The van der Waals surface area contributed by atoms with Crippen LogP contribution in [-0.4, -0.2) is 30.5 Å². The van der Waals surface area contributed by atoms with Crippen molar-refractivity contribution in [2.24, 2.45) is 0 Å². The van der Waals surface area contributed by atoms with Gasteiger partial charge in [-0.25, -0.2) is 9.50 Å². The molecule has 3 heterocycles. The smallest absolute Gasteiger partial charge is 0.181 e. The summed E-state index contributed by atoms with van der Waals surface area (Å²) in [5.41, 5.74) is 2.87. The third-order valence-electron chi connectivity index (χ3n) is 3.23. The Hall–Kier alpha value is -1.64. The van der Waals surface area contributed by atoms with Gasteiger partial charge in [-0.3, -0.25) is 0 Å². The topological polar surface area (TPSA) is 56.0 Å². The average Bonchev–Trinajstić information content (AvgIpc) is 3.14. The number of thioether (sulfide) groups is 1. The molecule has 116 valence electrons. The number of rotatable bonds is 4. The fraction of sp³-hybridized carbons (Fsp3) is 0.200. The molecule has 0 aliphatic heterocycles. The van der Waals surface area contributed by atoms with Crippen molar-refractivity contribution in [3.8, 4) is 0 Å². The van der Waals surface area contributed by atoms with Gasteiger partial charge in [-0.05, 0) is 30.5 Å². The summed E-state index contributed by atoms with van der Waals surface area (Å²) in [4.78, 5) is 4.77. The van der Waals surface area contributed by atoms with Crippen molar-refractivity contribution in [2.45, 2.75) is 27.6 Å². The number of fused-ring (bicyclic) bond motifs is 3. The lowest BCUT2D eigenvalue weighted by Crippen LogP contribution is -1.95. The van der Waals surface area contributed by atoms with E-state index in [0.717, 1.165) is 41.7 Å². The molecule has 4 aromatic rings. The van der Waals surface area contributed by atoms with E-state index in [9.17, 15) is 0 Å². The second kappa shape index (κ2) is 6.10. The molecule has 3 aromatic heterocycles. The Labute approximate surface area is 145 Å². The van der Waals surface area contributed by atoms with Crippen LogP contribution < -0.4 is 0 Å². The zero-order valence-electron chi connectivity index (χ0n) is 12.6. The molecule has 0 saturated carbocycles. The van der Waals surface area contributed by atoms with E-state index in [0.29, 0.717) is 0 Å². The Kier molecular flexibility index (Phi) is 3.96. The van der Waals surface area contributed by atoms with Crippen molar-refractivity contribution in [3.63, 3.8) is 0 Å². The molecule has 0 fully saturated rings. The van der Waals surface area contributed by atoms with Crippen molar-refractivity contribution >= 4 is 51.4 Å². The van der Waals surface area contributed by atoms with Crippen LogP contribution in [0.2, 0.25) is 0 Å². The molecule has 4 rings (SSSR count). The van der Waals surface area contributed by atoms with E-state index in [2.05, 4.69) is 34.4 Å². The molecular weight excluding hydrogens is 346 g/mol. The number of hydrogen-bond donors (Lipinski definition) is 0. The minimum absolute atomic E-state index is 0.858. The minimum atomic E-state index is 0.858. The highest BCUT2D eigenvalue weighted by molar-refractivity contribution is 8.03. The SMILES string of the molecule is CCSc1nnc(Sc2nc3cc(C)nn3c3ccccc23)s1. The van der Waals surface area contributed by atoms with Crippen LogP contribution in [0.15, 0.2) is 44.0 Å². The predicted molar refractivity (Wildman–Crippen MR) is 95.7 cm³/mol. The van der Waals surface area contributed by atoms with Gasteiger partial charge >= 0.3 is 0 Å². The summed E-state index contributed by atoms with van der Waals surface area (Å²) < 4.78 is 3.81. The first-order chi connectivity index (χ1) is 11.2. The van der Waals surface area contributed by atoms with Crippen molar-refractivity contribution in [1.29, 1.82) is 0 Å². The highest BCUT2D eigenvalue weighted by atomic mass is 32.2. The van der Waals surface area contributed by atoms with Crippen molar-refractivity contribution < 1.29 is 0 Å². The van der Waals surface area contributed by atoms with Gasteiger partial charge in [0.05, 0.1) is 11.2 Å². The Morgan fingerprint density at radius 3 is 2.87 bits per heavy atom. The van der Waals surface area contributed by atoms with E-state index < -0.39 is 0 Å². The van der Waals surface area contributed by atoms with E-state index in [1.54, 1.807) is 34.9 Å². The Morgan fingerprint density at radius 2 is 2.00 bits per heavy atom. The summed E-state index contributed by atoms with van der Waals surface area (Å²) in [6.07, 6.45) is 0. The molecule has 0 aliphatic carbocycles. The summed E-state index contributed by atoms with van der Waals surface area (Å²) in [7, 11) is 0. The summed E-state index contributed by atoms with van der Waals surface area (Å²) in [6, 6.07) is 10.2. The summed E-state index contributed by atoms with van der Waals surface area (Å²) in [5, 5.41) is 15.0. The molecule has 23 heavy (non-hydrogen) atoms. The van der Waals surface area contributed by atoms with E-state index in [1.165, 1.54) is 0 Å². The first kappa shape index (κ1) is 14.9. The molecule has 1 aromatic carbocycles. The molecule has 5 nitrogen and oxygen atoms in total. The number of aromatic nitrogens is 5. The third-order valence-corrected chi connectivity index (χ3v) is 6.23. The second-order valence-corrected chi connectivity index (χ2v) is 8.58. The van der Waals surface area contributed by atoms with Gasteiger partial charge in [0.15, 0.2) is 14.3 Å². The molecule has 0 saturated heterocycles. The van der Waals surface area contributed by atoms with E-state index in [4.69, 9.17) is 4.98 Å². The fourth-order valence-electron chi connectivity index (χ4n) is 2.33. The number of hydrogen-bond acceptors (Lipinski definition) is 7. The molecule has 0 amide bonds. The largest absolute Gasteiger partial charge is 0.221 e. The highest BCUT2D eigenvalue weighted by Gasteiger charge is 2.13. The van der Waals surface area contributed by atoms with Crippen LogP contribution in [0.5, 0.6) is 0 Å². The zero-order valence-corrected chi connectivity index (χ0v) is 15.0. The molecule has 0 atom stereocenters. The molecule has 0 bridgehead atoms. The monoisotopic (exact) mass is 359 g/mol. The van der Waals surface area contributed by atoms with Crippen molar-refractivity contribution in [2.75, 3.05) is 5.75 Å². The molecule has 0 unspecified atom stereocenters. The molecule has 0 spiro atoms. The lowest BCUT2D eigenvalue weighted by molar-refractivity contribution is 0.937. The first-order valence-corrected chi connectivity index (χ1v) is 9.75. The maximum Gasteiger partial charge on any atom is 0.181 e. The van der Waals surface area contributed by atoms with Crippen LogP contribution in [-0.2, 0) is 0 Å². The lowest BCUT2D eigenvalue weighted by Gasteiger charge is -2.05. The highest BCUT2D eigenvalue weighted by Crippen LogP contribution is 2.36. The zero-order chi connectivity index (χ0) is 15.8. The maximum atomic E-state index is 4.77. The van der Waals surface area contributed by atoms with Gasteiger partial charge in [-0.1, -0.05) is 48.2 Å². The number of para-hydroxylation sites is 1. The normalized spacial score (nSPS) is 11.6. The number of nitrogens with zero attached hydrogens (tertiary/aromatic N) is 5. The predicted octanol–water partition coefficient (Wildman–Crippen LogP) is 4.31. The van der Waals surface area contributed by atoms with E-state index >= 15 is 0 Å². The first-order valence-electron chi connectivity index (χ1n) is 7.14. The summed E-state index contributed by atoms with van der Waals surface area (Å²) in [5.74, 6) is 1.00. The van der Waals surface area contributed by atoms with Crippen LogP contribution in [0.1, 0.15) is 12.6 Å². The molecular formula is C15H13N5S3. The Morgan fingerprint density at radius 1 is 1.17 bits per heavy atom. The third kappa shape index (κ3) is 2.82. The quantitative estimate of drug-likeness (QED) is 0.400. The number of aryl methyl sites for hydroxylation is 1. The van der Waals surface area contributed by atoms with Gasteiger partial charge in [0.1, 0.15) is 5.03 Å². The van der Waals surface area contributed by atoms with Crippen LogP contribution in [0.25, 0.3) is 16.6 Å². The van der Waals surface area contributed by atoms with Crippen LogP contribution in [0, 0.1) is 6.92 Å². The minimum Gasteiger partial charge on any atom is -0.221 e. The lowest BCUT2D eigenvalue weighted by atomic mass is 10.2. The van der Waals surface area contributed by atoms with E-state index in [1.807, 2.05) is 29.6 Å². The molecule has 8 heteroatoms. The van der Waals surface area contributed by atoms with Crippen LogP contribution in [0.4, 0.5) is 0 Å². The van der Waals surface area contributed by atoms with Gasteiger partial charge in [0.25, 0.3) is 0 Å². The standard InChI is InChI=1S/C15H13N5S3/c1-3-21-14-17-18-15(23-14)22-13-10-6-4-5-7-11(10)20-12(16-13)8-9(2)19-20/h4-8H,3H2,1-2H3. The molecule has 0 radical (unpaired) electrons. The number of benzene rings is 1. The van der Waals surface area contributed by atoms with Crippen molar-refractivity contribution in [1.82, 2.24) is 24.8 Å². The van der Waals surface area contributed by atoms with Gasteiger partial charge in [0.2, 0.25) is 0 Å². The Balaban J connectivity index is 1.83. The average molecular weight is 360 g/mol. The molecule has 0 N–H and O–H groups in total. The van der Waals surface area contributed by atoms with Crippen molar-refractivity contribution in [3.05, 3.63) is 36.0 Å². The summed E-state index contributed by atoms with van der Waals surface area (Å²) in [6.45, 7) is 4.10. The van der Waals surface area contributed by atoms with Crippen LogP contribution >= 0.6 is 34.9 Å². The van der Waals surface area contributed by atoms with E-state index in [-0.39, 0.29) is 0 Å². The van der Waals surface area contributed by atoms with Gasteiger partial charge < -0.3 is 0 Å². The second-order valence-electron chi connectivity index (χ2n) is 4.86. The molecule has 0 aliphatic rings. The van der Waals surface area contributed by atoms with Crippen LogP contribution in [0.3, 0.4) is 0 Å². The maximum absolute atomic E-state index is 4.77. The summed E-state index contributed by atoms with van der Waals surface area (Å²) >= 11 is 4.89. The van der Waals surface area contributed by atoms with Gasteiger partial charge in [0, 0.05) is 11.5 Å². The Bertz CT molecular complexity index is 991. The fourth-order valence-corrected chi connectivity index (χ4v) is 5.28. The van der Waals surface area contributed by atoms with Gasteiger partial charge in [-0.2, -0.15) is 5.10 Å².